The predicted molar refractivity (Wildman–Crippen MR) is 205 cm³/mol. The van der Waals surface area contributed by atoms with E-state index in [1.807, 2.05) is 65.8 Å². The second kappa shape index (κ2) is 15.8. The van der Waals surface area contributed by atoms with Gasteiger partial charge in [0.1, 0.15) is 22.7 Å². The normalized spacial score (nSPS) is 11.5. The summed E-state index contributed by atoms with van der Waals surface area (Å²) in [5, 5.41) is 0. The summed E-state index contributed by atoms with van der Waals surface area (Å²) in [6.45, 7) is 17.1. The van der Waals surface area contributed by atoms with Crippen LogP contribution in [-0.4, -0.2) is 43.7 Å². The van der Waals surface area contributed by atoms with Gasteiger partial charge < -0.3 is 15.4 Å². The van der Waals surface area contributed by atoms with Gasteiger partial charge in [0, 0.05) is 26.2 Å². The predicted octanol–water partition coefficient (Wildman–Crippen LogP) is 4.60. The van der Waals surface area contributed by atoms with E-state index in [9.17, 15) is 19.2 Å². The van der Waals surface area contributed by atoms with Crippen LogP contribution >= 0.6 is 0 Å². The van der Waals surface area contributed by atoms with Crippen LogP contribution in [0.3, 0.4) is 0 Å². The second-order valence-electron chi connectivity index (χ2n) is 12.2. The van der Waals surface area contributed by atoms with E-state index in [0.29, 0.717) is 60.2 Å². The Balaban J connectivity index is 0.000000224. The van der Waals surface area contributed by atoms with Crippen LogP contribution in [0.5, 0.6) is 0 Å². The fourth-order valence-electron chi connectivity index (χ4n) is 5.87. The first kappa shape index (κ1) is 38.0. The van der Waals surface area contributed by atoms with Gasteiger partial charge in [0.15, 0.2) is 11.3 Å². The molecule has 0 radical (unpaired) electrons. The van der Waals surface area contributed by atoms with E-state index in [0.717, 1.165) is 22.3 Å². The molecule has 13 heteroatoms. The van der Waals surface area contributed by atoms with Crippen LogP contribution in [0.15, 0.2) is 55.6 Å². The number of aromatic nitrogens is 8. The van der Waals surface area contributed by atoms with E-state index in [1.165, 1.54) is 29.4 Å². The molecule has 6 rings (SSSR count). The second-order valence-corrected chi connectivity index (χ2v) is 12.2. The molecule has 2 aromatic carbocycles. The molecule has 0 fully saturated rings. The number of aryl methyl sites for hydroxylation is 6. The molecule has 0 aliphatic heterocycles. The highest BCUT2D eigenvalue weighted by atomic mass is 16.2. The summed E-state index contributed by atoms with van der Waals surface area (Å²) in [5.74, 6) is 1.12. The molecule has 0 unspecified atom stereocenters. The average Bonchev–Trinajstić information content (AvgIpc) is 3.72. The Morgan fingerprint density at radius 2 is 0.902 bits per heavy atom. The summed E-state index contributed by atoms with van der Waals surface area (Å²) in [6.07, 6.45) is 7.60. The molecule has 4 aromatic heterocycles. The number of hydrogen-bond donors (Lipinski definition) is 2. The molecule has 0 spiro atoms. The molecule has 0 aliphatic carbocycles. The molecule has 51 heavy (non-hydrogen) atoms. The third-order valence-electron chi connectivity index (χ3n) is 8.73. The number of nitrogens with zero attached hydrogens (tertiary/aromatic N) is 6. The monoisotopic (exact) mass is 694 g/mol. The van der Waals surface area contributed by atoms with Crippen LogP contribution in [0.2, 0.25) is 0 Å². The van der Waals surface area contributed by atoms with Crippen molar-refractivity contribution >= 4 is 46.6 Å². The summed E-state index contributed by atoms with van der Waals surface area (Å²) >= 11 is 0. The zero-order valence-corrected chi connectivity index (χ0v) is 30.4. The third kappa shape index (κ3) is 7.53. The summed E-state index contributed by atoms with van der Waals surface area (Å²) in [4.78, 5) is 64.8. The summed E-state index contributed by atoms with van der Waals surface area (Å²) < 4.78 is 5.49. The summed E-state index contributed by atoms with van der Waals surface area (Å²) in [5.41, 5.74) is 7.13. The van der Waals surface area contributed by atoms with Crippen molar-refractivity contribution in [2.75, 3.05) is 0 Å². The van der Waals surface area contributed by atoms with Gasteiger partial charge in [-0.3, -0.25) is 27.9 Å². The minimum Gasteiger partial charge on any atom is -0.412 e. The molecule has 0 atom stereocenters. The van der Waals surface area contributed by atoms with Crippen molar-refractivity contribution < 1.29 is 5.48 Å². The Labute approximate surface area is 294 Å². The molecule has 0 aliphatic rings. The van der Waals surface area contributed by atoms with Crippen LogP contribution in [-0.2, 0) is 26.2 Å². The topological polar surface area (TPSA) is 177 Å². The first-order chi connectivity index (χ1) is 23.9. The van der Waals surface area contributed by atoms with Crippen LogP contribution in [0.25, 0.3) is 46.6 Å². The van der Waals surface area contributed by atoms with Crippen molar-refractivity contribution in [2.45, 2.75) is 81.6 Å². The third-order valence-corrected chi connectivity index (χ3v) is 8.73. The van der Waals surface area contributed by atoms with Gasteiger partial charge in [-0.05, 0) is 89.8 Å². The van der Waals surface area contributed by atoms with E-state index in [1.54, 1.807) is 13.8 Å². The lowest BCUT2D eigenvalue weighted by Gasteiger charge is -2.06. The van der Waals surface area contributed by atoms with Gasteiger partial charge in [0.2, 0.25) is 0 Å². The van der Waals surface area contributed by atoms with Gasteiger partial charge in [-0.1, -0.05) is 59.7 Å². The molecule has 13 nitrogen and oxygen atoms in total. The SMILES string of the molecule is CCn1c(=O)c2[nH]c(/C=C/c3cc(C)ccc3C)nc2n(CC)c1=O.CCn1c(=O)c2[nH]c(/C=C/c3cc(C)ccc3C)nc2n(CC)c1=O.O. The molecule has 0 saturated carbocycles. The summed E-state index contributed by atoms with van der Waals surface area (Å²) in [6, 6.07) is 12.5. The molecular weight excluding hydrogens is 648 g/mol. The Bertz CT molecular complexity index is 2350. The number of rotatable bonds is 8. The smallest absolute Gasteiger partial charge is 0.332 e. The number of imidazole rings is 2. The highest BCUT2D eigenvalue weighted by Gasteiger charge is 2.16. The number of aromatic amines is 2. The minimum absolute atomic E-state index is 0. The first-order valence-corrected chi connectivity index (χ1v) is 16.9. The maximum atomic E-state index is 12.5. The molecule has 268 valence electrons. The Morgan fingerprint density at radius 1 is 0.549 bits per heavy atom. The molecule has 6 aromatic rings. The quantitative estimate of drug-likeness (QED) is 0.235. The number of H-pyrrole nitrogens is 2. The maximum absolute atomic E-state index is 12.5. The molecule has 0 amide bonds. The van der Waals surface area contributed by atoms with Crippen molar-refractivity contribution in [1.29, 1.82) is 0 Å². The number of fused-ring (bicyclic) bond motifs is 2. The standard InChI is InChI=1S/2C19H22N4O2.H2O/c2*1-5-22-17-16(18(24)23(6-2)19(22)25)20-15(21-17)10-9-14-11-12(3)7-8-13(14)4;/h2*7-11H,5-6H2,1-4H3,(H,20,21);1H2/b2*10-9+;. The van der Waals surface area contributed by atoms with E-state index >= 15 is 0 Å². The van der Waals surface area contributed by atoms with Crippen LogP contribution < -0.4 is 22.5 Å². The maximum Gasteiger partial charge on any atom is 0.332 e. The Hall–Kier alpha value is -5.82. The lowest BCUT2D eigenvalue weighted by Crippen LogP contribution is -2.39. The molecule has 4 heterocycles. The summed E-state index contributed by atoms with van der Waals surface area (Å²) in [7, 11) is 0. The van der Waals surface area contributed by atoms with Gasteiger partial charge in [-0.25, -0.2) is 19.6 Å². The Morgan fingerprint density at radius 3 is 1.24 bits per heavy atom. The van der Waals surface area contributed by atoms with Gasteiger partial charge in [-0.2, -0.15) is 0 Å². The molecular formula is C38H46N8O5. The van der Waals surface area contributed by atoms with Gasteiger partial charge >= 0.3 is 11.4 Å². The zero-order valence-electron chi connectivity index (χ0n) is 30.4. The number of nitrogens with one attached hydrogen (secondary N) is 2. The van der Waals surface area contributed by atoms with E-state index < -0.39 is 0 Å². The highest BCUT2D eigenvalue weighted by Crippen LogP contribution is 2.16. The largest absolute Gasteiger partial charge is 0.412 e. The van der Waals surface area contributed by atoms with Crippen LogP contribution in [0.1, 0.15) is 72.7 Å². The molecule has 4 N–H and O–H groups in total. The van der Waals surface area contributed by atoms with Gasteiger partial charge in [-0.15, -0.1) is 0 Å². The fourth-order valence-corrected chi connectivity index (χ4v) is 5.87. The van der Waals surface area contributed by atoms with E-state index in [2.05, 4.69) is 56.3 Å². The zero-order chi connectivity index (χ0) is 36.3. The van der Waals surface area contributed by atoms with E-state index in [4.69, 9.17) is 0 Å². The lowest BCUT2D eigenvalue weighted by atomic mass is 10.1. The highest BCUT2D eigenvalue weighted by molar-refractivity contribution is 5.77. The van der Waals surface area contributed by atoms with Crippen molar-refractivity contribution in [1.82, 2.24) is 38.2 Å². The van der Waals surface area contributed by atoms with Crippen molar-refractivity contribution in [2.24, 2.45) is 0 Å². The van der Waals surface area contributed by atoms with Crippen molar-refractivity contribution in [3.05, 3.63) is 123 Å². The molecule has 0 bridgehead atoms. The van der Waals surface area contributed by atoms with Crippen molar-refractivity contribution in [3.63, 3.8) is 0 Å². The van der Waals surface area contributed by atoms with Crippen LogP contribution in [0, 0.1) is 27.7 Å². The number of hydrogen-bond acceptors (Lipinski definition) is 6. The van der Waals surface area contributed by atoms with Gasteiger partial charge in [0.05, 0.1) is 0 Å². The lowest BCUT2D eigenvalue weighted by molar-refractivity contribution is 0.605. The first-order valence-electron chi connectivity index (χ1n) is 16.9. The number of benzene rings is 2. The Kier molecular flexibility index (Phi) is 11.8. The molecule has 0 saturated heterocycles. The average molecular weight is 695 g/mol. The minimum atomic E-state index is -0.328. The van der Waals surface area contributed by atoms with Crippen LogP contribution in [0.4, 0.5) is 0 Å². The fraction of sp³-hybridized carbons (Fsp3) is 0.316. The van der Waals surface area contributed by atoms with E-state index in [-0.39, 0.29) is 28.0 Å². The van der Waals surface area contributed by atoms with Gasteiger partial charge in [0.25, 0.3) is 11.1 Å². The van der Waals surface area contributed by atoms with Crippen molar-refractivity contribution in [3.8, 4) is 0 Å².